The summed E-state index contributed by atoms with van der Waals surface area (Å²) < 4.78 is 5.55. The molecule has 22 heavy (non-hydrogen) atoms. The maximum atomic E-state index is 10.7. The van der Waals surface area contributed by atoms with Crippen LogP contribution in [-0.2, 0) is 4.74 Å². The lowest BCUT2D eigenvalue weighted by Crippen LogP contribution is -2.44. The predicted octanol–water partition coefficient (Wildman–Crippen LogP) is 1.90. The molecule has 2 aliphatic rings. The van der Waals surface area contributed by atoms with Crippen molar-refractivity contribution in [2.24, 2.45) is 5.92 Å². The lowest BCUT2D eigenvalue weighted by Gasteiger charge is -2.32. The molecule has 0 spiro atoms. The van der Waals surface area contributed by atoms with Crippen LogP contribution in [0.5, 0.6) is 0 Å². The lowest BCUT2D eigenvalue weighted by atomic mass is 9.97. The second-order valence-electron chi connectivity index (χ2n) is 5.97. The molecular formula is C15H22N4O3. The minimum Gasteiger partial charge on any atom is -0.381 e. The summed E-state index contributed by atoms with van der Waals surface area (Å²) >= 11 is 0. The zero-order valence-corrected chi connectivity index (χ0v) is 12.6. The number of rotatable bonds is 6. The molecule has 7 heteroatoms. The first-order chi connectivity index (χ1) is 10.7. The molecule has 1 aromatic rings. The number of anilines is 1. The molecule has 0 saturated carbocycles. The van der Waals surface area contributed by atoms with Gasteiger partial charge in [-0.1, -0.05) is 0 Å². The molecule has 0 radical (unpaired) electrons. The van der Waals surface area contributed by atoms with Crippen LogP contribution in [0.4, 0.5) is 11.5 Å². The van der Waals surface area contributed by atoms with Gasteiger partial charge in [-0.25, -0.2) is 4.98 Å². The summed E-state index contributed by atoms with van der Waals surface area (Å²) in [6, 6.07) is 3.60. The fourth-order valence-corrected chi connectivity index (χ4v) is 3.33. The van der Waals surface area contributed by atoms with Crippen molar-refractivity contribution in [3.63, 3.8) is 0 Å². The molecule has 2 fully saturated rings. The highest BCUT2D eigenvalue weighted by Gasteiger charge is 2.31. The van der Waals surface area contributed by atoms with Gasteiger partial charge in [-0.05, 0) is 38.4 Å². The summed E-state index contributed by atoms with van der Waals surface area (Å²) in [6.07, 6.45) is 4.93. The number of nitrogens with zero attached hydrogens (tertiary/aromatic N) is 3. The standard InChI is InChI=1S/C15H22N4O3/c20-19(21)13-3-4-15(16-9-13)17-10-14(12-5-8-22-11-12)18-6-1-2-7-18/h3-4,9,12,14H,1-2,5-8,10-11H2,(H,16,17)/t12-,14-/m0/s1. The zero-order valence-electron chi connectivity index (χ0n) is 12.6. The number of nitrogens with one attached hydrogen (secondary N) is 1. The third kappa shape index (κ3) is 3.53. The second kappa shape index (κ2) is 7.02. The van der Waals surface area contributed by atoms with Crippen molar-refractivity contribution < 1.29 is 9.66 Å². The van der Waals surface area contributed by atoms with Gasteiger partial charge in [0.15, 0.2) is 0 Å². The molecule has 120 valence electrons. The number of ether oxygens (including phenoxy) is 1. The lowest BCUT2D eigenvalue weighted by molar-refractivity contribution is -0.385. The van der Waals surface area contributed by atoms with Crippen LogP contribution in [0.25, 0.3) is 0 Å². The highest BCUT2D eigenvalue weighted by Crippen LogP contribution is 2.25. The van der Waals surface area contributed by atoms with Crippen LogP contribution in [0.2, 0.25) is 0 Å². The summed E-state index contributed by atoms with van der Waals surface area (Å²) in [5.41, 5.74) is 0.0193. The Balaban J connectivity index is 1.61. The number of nitro groups is 1. The predicted molar refractivity (Wildman–Crippen MR) is 82.9 cm³/mol. The van der Waals surface area contributed by atoms with Crippen molar-refractivity contribution in [3.05, 3.63) is 28.4 Å². The number of hydrogen-bond acceptors (Lipinski definition) is 6. The van der Waals surface area contributed by atoms with Crippen LogP contribution < -0.4 is 5.32 Å². The minimum absolute atomic E-state index is 0.0193. The van der Waals surface area contributed by atoms with Gasteiger partial charge in [0.2, 0.25) is 0 Å². The van der Waals surface area contributed by atoms with E-state index in [1.165, 1.54) is 25.1 Å². The molecule has 2 atom stereocenters. The van der Waals surface area contributed by atoms with Crippen LogP contribution in [0.1, 0.15) is 19.3 Å². The molecule has 0 bridgehead atoms. The average molecular weight is 306 g/mol. The van der Waals surface area contributed by atoms with E-state index in [0.717, 1.165) is 39.3 Å². The highest BCUT2D eigenvalue weighted by molar-refractivity contribution is 5.40. The topological polar surface area (TPSA) is 80.5 Å². The number of pyridine rings is 1. The van der Waals surface area contributed by atoms with Crippen molar-refractivity contribution in [3.8, 4) is 0 Å². The number of likely N-dealkylation sites (tertiary alicyclic amines) is 1. The van der Waals surface area contributed by atoms with E-state index in [9.17, 15) is 10.1 Å². The summed E-state index contributed by atoms with van der Waals surface area (Å²) in [4.78, 5) is 16.9. The maximum absolute atomic E-state index is 10.7. The molecule has 2 aliphatic heterocycles. The van der Waals surface area contributed by atoms with E-state index >= 15 is 0 Å². The van der Waals surface area contributed by atoms with E-state index in [-0.39, 0.29) is 5.69 Å². The van der Waals surface area contributed by atoms with Crippen LogP contribution >= 0.6 is 0 Å². The van der Waals surface area contributed by atoms with Crippen LogP contribution in [-0.4, -0.2) is 53.7 Å². The fourth-order valence-electron chi connectivity index (χ4n) is 3.33. The largest absolute Gasteiger partial charge is 0.381 e. The molecule has 0 aliphatic carbocycles. The summed E-state index contributed by atoms with van der Waals surface area (Å²) in [5, 5.41) is 14.0. The van der Waals surface area contributed by atoms with E-state index in [0.29, 0.717) is 17.8 Å². The van der Waals surface area contributed by atoms with E-state index in [2.05, 4.69) is 15.2 Å². The van der Waals surface area contributed by atoms with Crippen molar-refractivity contribution in [1.29, 1.82) is 0 Å². The first-order valence-corrected chi connectivity index (χ1v) is 7.90. The summed E-state index contributed by atoms with van der Waals surface area (Å²) in [6.45, 7) is 4.78. The first-order valence-electron chi connectivity index (χ1n) is 7.90. The molecule has 1 N–H and O–H groups in total. The summed E-state index contributed by atoms with van der Waals surface area (Å²) in [7, 11) is 0. The van der Waals surface area contributed by atoms with Gasteiger partial charge in [0.1, 0.15) is 12.0 Å². The van der Waals surface area contributed by atoms with Crippen LogP contribution in [0.3, 0.4) is 0 Å². The van der Waals surface area contributed by atoms with Crippen LogP contribution in [0, 0.1) is 16.0 Å². The Bertz CT molecular complexity index is 480. The normalized spacial score (nSPS) is 23.5. The molecule has 0 unspecified atom stereocenters. The third-order valence-corrected chi connectivity index (χ3v) is 4.57. The van der Waals surface area contributed by atoms with Crippen molar-refractivity contribution in [2.75, 3.05) is 38.2 Å². The quantitative estimate of drug-likeness (QED) is 0.638. The highest BCUT2D eigenvalue weighted by atomic mass is 16.6. The molecule has 1 aromatic heterocycles. The first kappa shape index (κ1) is 15.2. The van der Waals surface area contributed by atoms with Gasteiger partial charge in [0, 0.05) is 31.2 Å². The third-order valence-electron chi connectivity index (χ3n) is 4.57. The second-order valence-corrected chi connectivity index (χ2v) is 5.97. The van der Waals surface area contributed by atoms with Gasteiger partial charge in [-0.15, -0.1) is 0 Å². The molecule has 7 nitrogen and oxygen atoms in total. The molecule has 2 saturated heterocycles. The zero-order chi connectivity index (χ0) is 15.4. The number of hydrogen-bond donors (Lipinski definition) is 1. The Morgan fingerprint density at radius 1 is 1.45 bits per heavy atom. The average Bonchev–Trinajstić information content (AvgIpc) is 3.22. The van der Waals surface area contributed by atoms with E-state index < -0.39 is 4.92 Å². The molecule has 0 aromatic carbocycles. The monoisotopic (exact) mass is 306 g/mol. The van der Waals surface area contributed by atoms with Gasteiger partial charge >= 0.3 is 0 Å². The molecule has 3 heterocycles. The Hall–Kier alpha value is -1.73. The SMILES string of the molecule is O=[N+]([O-])c1ccc(NC[C@@H]([C@H]2CCOC2)N2CCCC2)nc1. The van der Waals surface area contributed by atoms with E-state index in [1.807, 2.05) is 0 Å². The van der Waals surface area contributed by atoms with E-state index in [4.69, 9.17) is 4.74 Å². The van der Waals surface area contributed by atoms with Gasteiger partial charge < -0.3 is 10.1 Å². The van der Waals surface area contributed by atoms with Crippen molar-refractivity contribution in [1.82, 2.24) is 9.88 Å². The van der Waals surface area contributed by atoms with Gasteiger partial charge in [0.05, 0.1) is 11.5 Å². The molecular weight excluding hydrogens is 284 g/mol. The smallest absolute Gasteiger partial charge is 0.287 e. The van der Waals surface area contributed by atoms with Crippen molar-refractivity contribution >= 4 is 11.5 Å². The Morgan fingerprint density at radius 2 is 2.27 bits per heavy atom. The molecule has 0 amide bonds. The number of aromatic nitrogens is 1. The fraction of sp³-hybridized carbons (Fsp3) is 0.667. The van der Waals surface area contributed by atoms with Gasteiger partial charge in [-0.2, -0.15) is 0 Å². The van der Waals surface area contributed by atoms with E-state index in [1.54, 1.807) is 6.07 Å². The van der Waals surface area contributed by atoms with Gasteiger partial charge in [0.25, 0.3) is 5.69 Å². The van der Waals surface area contributed by atoms with Crippen molar-refractivity contribution in [2.45, 2.75) is 25.3 Å². The summed E-state index contributed by atoms with van der Waals surface area (Å²) in [5.74, 6) is 1.25. The Kier molecular flexibility index (Phi) is 4.84. The maximum Gasteiger partial charge on any atom is 0.287 e. The minimum atomic E-state index is -0.431. The Morgan fingerprint density at radius 3 is 2.86 bits per heavy atom. The molecule has 3 rings (SSSR count). The Labute approximate surface area is 129 Å². The van der Waals surface area contributed by atoms with Gasteiger partial charge in [-0.3, -0.25) is 15.0 Å². The van der Waals surface area contributed by atoms with Crippen LogP contribution in [0.15, 0.2) is 18.3 Å².